The highest BCUT2D eigenvalue weighted by molar-refractivity contribution is 9.10. The molecule has 0 radical (unpaired) electrons. The maximum atomic E-state index is 13.4. The van der Waals surface area contributed by atoms with Gasteiger partial charge in [-0.15, -0.1) is 0 Å². The number of ether oxygens (including phenoxy) is 1. The first-order chi connectivity index (χ1) is 6.49. The molecule has 0 bridgehead atoms. The van der Waals surface area contributed by atoms with Crippen molar-refractivity contribution in [2.24, 2.45) is 0 Å². The van der Waals surface area contributed by atoms with Crippen LogP contribution in [0.1, 0.15) is 22.8 Å². The highest BCUT2D eigenvalue weighted by Gasteiger charge is 2.18. The number of ketones is 1. The minimum Gasteiger partial charge on any atom is -0.493 e. The molecule has 0 atom stereocenters. The Balaban J connectivity index is 3.56. The van der Waals surface area contributed by atoms with Gasteiger partial charge in [-0.2, -0.15) is 0 Å². The predicted molar refractivity (Wildman–Crippen MR) is 55.4 cm³/mol. The fourth-order valence-corrected chi connectivity index (χ4v) is 1.82. The van der Waals surface area contributed by atoms with E-state index in [1.165, 1.54) is 20.1 Å². The Morgan fingerprint density at radius 2 is 2.14 bits per heavy atom. The van der Waals surface area contributed by atoms with Crippen molar-refractivity contribution in [3.63, 3.8) is 0 Å². The van der Waals surface area contributed by atoms with Gasteiger partial charge in [0.15, 0.2) is 17.3 Å². The van der Waals surface area contributed by atoms with Crippen LogP contribution in [0.2, 0.25) is 0 Å². The first kappa shape index (κ1) is 11.2. The van der Waals surface area contributed by atoms with Gasteiger partial charge in [0.2, 0.25) is 0 Å². The molecule has 4 heteroatoms. The number of benzene rings is 1. The van der Waals surface area contributed by atoms with E-state index in [1.807, 2.05) is 0 Å². The van der Waals surface area contributed by atoms with E-state index in [1.54, 1.807) is 6.92 Å². The number of methoxy groups -OCH3 is 1. The third-order valence-corrected chi connectivity index (χ3v) is 2.93. The normalized spacial score (nSPS) is 10.1. The van der Waals surface area contributed by atoms with Crippen molar-refractivity contribution in [2.75, 3.05) is 7.11 Å². The van der Waals surface area contributed by atoms with Crippen LogP contribution in [0.15, 0.2) is 10.5 Å². The summed E-state index contributed by atoms with van der Waals surface area (Å²) in [4.78, 5) is 11.3. The van der Waals surface area contributed by atoms with Gasteiger partial charge in [-0.05, 0) is 41.4 Å². The minimum absolute atomic E-state index is 0.00465. The Bertz CT molecular complexity index is 388. The molecule has 1 aromatic rings. The van der Waals surface area contributed by atoms with Crippen molar-refractivity contribution in [3.05, 3.63) is 27.5 Å². The van der Waals surface area contributed by atoms with Crippen LogP contribution < -0.4 is 4.74 Å². The maximum absolute atomic E-state index is 13.4. The quantitative estimate of drug-likeness (QED) is 0.764. The largest absolute Gasteiger partial charge is 0.493 e. The van der Waals surface area contributed by atoms with E-state index in [2.05, 4.69) is 15.9 Å². The molecule has 0 aliphatic heterocycles. The molecular formula is C10H10BrFO2. The lowest BCUT2D eigenvalue weighted by molar-refractivity contribution is 0.101. The molecule has 0 unspecified atom stereocenters. The van der Waals surface area contributed by atoms with E-state index in [0.29, 0.717) is 10.0 Å². The second-order valence-corrected chi connectivity index (χ2v) is 3.75. The van der Waals surface area contributed by atoms with Gasteiger partial charge in [-0.1, -0.05) is 0 Å². The summed E-state index contributed by atoms with van der Waals surface area (Å²) in [5.74, 6) is -0.746. The van der Waals surface area contributed by atoms with Crippen LogP contribution in [0, 0.1) is 12.7 Å². The van der Waals surface area contributed by atoms with Crippen LogP contribution in [0.3, 0.4) is 0 Å². The van der Waals surface area contributed by atoms with E-state index < -0.39 is 5.82 Å². The van der Waals surface area contributed by atoms with Crippen LogP contribution in [0.25, 0.3) is 0 Å². The number of carbonyl (C=O) groups excluding carboxylic acids is 1. The Labute approximate surface area is 90.2 Å². The van der Waals surface area contributed by atoms with Crippen LogP contribution in [-0.4, -0.2) is 12.9 Å². The second-order valence-electron chi connectivity index (χ2n) is 2.95. The van der Waals surface area contributed by atoms with Gasteiger partial charge in [0.1, 0.15) is 0 Å². The molecule has 2 nitrogen and oxygen atoms in total. The zero-order chi connectivity index (χ0) is 10.9. The lowest BCUT2D eigenvalue weighted by Crippen LogP contribution is -2.03. The molecule has 0 fully saturated rings. The predicted octanol–water partition coefficient (Wildman–Crippen LogP) is 3.11. The van der Waals surface area contributed by atoms with E-state index in [9.17, 15) is 9.18 Å². The summed E-state index contributed by atoms with van der Waals surface area (Å²) in [5.41, 5.74) is 0.929. The Morgan fingerprint density at radius 3 is 2.57 bits per heavy atom. The summed E-state index contributed by atoms with van der Waals surface area (Å²) in [6.45, 7) is 3.10. The smallest absolute Gasteiger partial charge is 0.166 e. The molecule has 0 N–H and O–H groups in total. The number of Topliss-reactive ketones (excluding diaryl/α,β-unsaturated/α-hetero) is 1. The van der Waals surface area contributed by atoms with E-state index >= 15 is 0 Å². The van der Waals surface area contributed by atoms with Crippen molar-refractivity contribution in [1.82, 2.24) is 0 Å². The zero-order valence-corrected chi connectivity index (χ0v) is 9.74. The average Bonchev–Trinajstić information content (AvgIpc) is 2.10. The van der Waals surface area contributed by atoms with Crippen LogP contribution in [0.4, 0.5) is 4.39 Å². The number of hydrogen-bond acceptors (Lipinski definition) is 2. The summed E-state index contributed by atoms with van der Waals surface area (Å²) in [7, 11) is 1.34. The van der Waals surface area contributed by atoms with Gasteiger partial charge in [0.05, 0.1) is 12.7 Å². The van der Waals surface area contributed by atoms with Crippen LogP contribution in [0.5, 0.6) is 5.75 Å². The second kappa shape index (κ2) is 4.09. The van der Waals surface area contributed by atoms with Gasteiger partial charge in [0.25, 0.3) is 0 Å². The molecule has 0 aliphatic carbocycles. The average molecular weight is 261 g/mol. The van der Waals surface area contributed by atoms with Crippen LogP contribution >= 0.6 is 15.9 Å². The Kier molecular flexibility index (Phi) is 3.26. The van der Waals surface area contributed by atoms with Gasteiger partial charge < -0.3 is 4.74 Å². The fraction of sp³-hybridized carbons (Fsp3) is 0.300. The van der Waals surface area contributed by atoms with Crippen LogP contribution in [-0.2, 0) is 0 Å². The highest BCUT2D eigenvalue weighted by Crippen LogP contribution is 2.32. The lowest BCUT2D eigenvalue weighted by atomic mass is 10.1. The van der Waals surface area contributed by atoms with E-state index in [-0.39, 0.29) is 17.1 Å². The van der Waals surface area contributed by atoms with Crippen molar-refractivity contribution >= 4 is 21.7 Å². The summed E-state index contributed by atoms with van der Waals surface area (Å²) in [6, 6.07) is 1.33. The molecule has 14 heavy (non-hydrogen) atoms. The van der Waals surface area contributed by atoms with Crippen molar-refractivity contribution < 1.29 is 13.9 Å². The van der Waals surface area contributed by atoms with Crippen molar-refractivity contribution in [2.45, 2.75) is 13.8 Å². The molecule has 0 spiro atoms. The summed E-state index contributed by atoms with van der Waals surface area (Å²) >= 11 is 3.24. The molecular weight excluding hydrogens is 251 g/mol. The lowest BCUT2D eigenvalue weighted by Gasteiger charge is -2.11. The topological polar surface area (TPSA) is 26.3 Å². The molecule has 1 rings (SSSR count). The fourth-order valence-electron chi connectivity index (χ4n) is 1.25. The SMILES string of the molecule is COc1c(F)cc(C)c(Br)c1C(C)=O. The third kappa shape index (κ3) is 1.80. The van der Waals surface area contributed by atoms with Gasteiger partial charge in [-0.25, -0.2) is 4.39 Å². The first-order valence-electron chi connectivity index (χ1n) is 4.02. The summed E-state index contributed by atoms with van der Waals surface area (Å²) < 4.78 is 18.8. The molecule has 0 aromatic heterocycles. The number of aryl methyl sites for hydroxylation is 1. The van der Waals surface area contributed by atoms with E-state index in [0.717, 1.165) is 0 Å². The highest BCUT2D eigenvalue weighted by atomic mass is 79.9. The summed E-state index contributed by atoms with van der Waals surface area (Å²) in [5, 5.41) is 0. The van der Waals surface area contributed by atoms with Gasteiger partial charge in [0, 0.05) is 4.47 Å². The summed E-state index contributed by atoms with van der Waals surface area (Å²) in [6.07, 6.45) is 0. The van der Waals surface area contributed by atoms with Gasteiger partial charge in [-0.3, -0.25) is 4.79 Å². The molecule has 0 amide bonds. The molecule has 76 valence electrons. The van der Waals surface area contributed by atoms with E-state index in [4.69, 9.17) is 4.74 Å². The Morgan fingerprint density at radius 1 is 1.57 bits per heavy atom. The molecule has 0 saturated carbocycles. The molecule has 0 aliphatic rings. The van der Waals surface area contributed by atoms with Gasteiger partial charge >= 0.3 is 0 Å². The molecule has 0 saturated heterocycles. The molecule has 1 aromatic carbocycles. The zero-order valence-electron chi connectivity index (χ0n) is 8.15. The number of hydrogen-bond donors (Lipinski definition) is 0. The third-order valence-electron chi connectivity index (χ3n) is 1.91. The van der Waals surface area contributed by atoms with Crippen molar-refractivity contribution in [1.29, 1.82) is 0 Å². The van der Waals surface area contributed by atoms with Crippen molar-refractivity contribution in [3.8, 4) is 5.75 Å². The monoisotopic (exact) mass is 260 g/mol. The molecule has 0 heterocycles. The minimum atomic E-state index is -0.515. The number of halogens is 2. The Hall–Kier alpha value is -0.900. The number of carbonyl (C=O) groups is 1. The number of rotatable bonds is 2. The first-order valence-corrected chi connectivity index (χ1v) is 4.81. The maximum Gasteiger partial charge on any atom is 0.166 e. The standard InChI is InChI=1S/C10H10BrFO2/c1-5-4-7(12)10(14-3)8(6(2)13)9(5)11/h4H,1-3H3.